The lowest BCUT2D eigenvalue weighted by Crippen LogP contribution is -2.30. The molecule has 1 aliphatic rings. The van der Waals surface area contributed by atoms with Crippen molar-refractivity contribution < 1.29 is 14.2 Å². The van der Waals surface area contributed by atoms with Crippen LogP contribution in [0.1, 0.15) is 24.9 Å². The first kappa shape index (κ1) is 15.9. The molecule has 0 bridgehead atoms. The molecule has 3 atom stereocenters. The molecule has 1 fully saturated rings. The molecule has 21 heavy (non-hydrogen) atoms. The molecule has 0 amide bonds. The number of rotatable bonds is 8. The lowest BCUT2D eigenvalue weighted by Gasteiger charge is -2.22. The second kappa shape index (κ2) is 7.00. The van der Waals surface area contributed by atoms with Crippen molar-refractivity contribution in [1.29, 1.82) is 0 Å². The molecule has 0 heterocycles. The van der Waals surface area contributed by atoms with Gasteiger partial charge in [0.2, 0.25) is 5.75 Å². The number of methoxy groups -OCH3 is 3. The number of ether oxygens (including phenoxy) is 3. The third-order valence-electron chi connectivity index (χ3n) is 4.25. The van der Waals surface area contributed by atoms with Crippen LogP contribution in [0.5, 0.6) is 17.2 Å². The lowest BCUT2D eigenvalue weighted by molar-refractivity contribution is 0.319. The normalized spacial score (nSPS) is 21.8. The first-order valence-electron chi connectivity index (χ1n) is 7.38. The number of hydrogen-bond acceptors (Lipinski definition) is 5. The Bertz CT molecular complexity index is 479. The fourth-order valence-electron chi connectivity index (χ4n) is 2.70. The van der Waals surface area contributed by atoms with Gasteiger partial charge in [-0.25, -0.2) is 0 Å². The first-order chi connectivity index (χ1) is 10.2. The standard InChI is InChI=1S/C16H26N2O3/c1-10-7-11(10)9-18-13(8-17)12-5-6-14(19-2)16(21-4)15(12)20-3/h5-6,10-11,13,18H,7-9,17H2,1-4H3. The highest BCUT2D eigenvalue weighted by Gasteiger charge is 2.33. The van der Waals surface area contributed by atoms with Gasteiger partial charge < -0.3 is 25.3 Å². The molecule has 1 aliphatic carbocycles. The minimum Gasteiger partial charge on any atom is -0.493 e. The first-order valence-corrected chi connectivity index (χ1v) is 7.38. The van der Waals surface area contributed by atoms with E-state index in [0.29, 0.717) is 23.8 Å². The van der Waals surface area contributed by atoms with Crippen molar-refractivity contribution in [2.45, 2.75) is 19.4 Å². The number of hydrogen-bond donors (Lipinski definition) is 2. The van der Waals surface area contributed by atoms with Crippen LogP contribution in [-0.4, -0.2) is 34.4 Å². The van der Waals surface area contributed by atoms with Gasteiger partial charge in [0.05, 0.1) is 21.3 Å². The van der Waals surface area contributed by atoms with Crippen LogP contribution < -0.4 is 25.3 Å². The van der Waals surface area contributed by atoms with E-state index >= 15 is 0 Å². The Hall–Kier alpha value is -1.46. The van der Waals surface area contributed by atoms with E-state index in [1.165, 1.54) is 6.42 Å². The van der Waals surface area contributed by atoms with Gasteiger partial charge in [-0.15, -0.1) is 0 Å². The summed E-state index contributed by atoms with van der Waals surface area (Å²) in [6.45, 7) is 3.77. The molecule has 0 radical (unpaired) electrons. The van der Waals surface area contributed by atoms with Gasteiger partial charge in [-0.05, 0) is 36.9 Å². The topological polar surface area (TPSA) is 65.7 Å². The van der Waals surface area contributed by atoms with Crippen molar-refractivity contribution in [3.8, 4) is 17.2 Å². The summed E-state index contributed by atoms with van der Waals surface area (Å²) in [7, 11) is 4.86. The Labute approximate surface area is 126 Å². The molecule has 3 unspecified atom stereocenters. The zero-order chi connectivity index (χ0) is 15.4. The highest BCUT2D eigenvalue weighted by atomic mass is 16.5. The fourth-order valence-corrected chi connectivity index (χ4v) is 2.70. The van der Waals surface area contributed by atoms with Gasteiger partial charge >= 0.3 is 0 Å². The summed E-state index contributed by atoms with van der Waals surface area (Å²) in [5, 5.41) is 3.54. The average molecular weight is 294 g/mol. The third-order valence-corrected chi connectivity index (χ3v) is 4.25. The number of nitrogens with two attached hydrogens (primary N) is 1. The van der Waals surface area contributed by atoms with Gasteiger partial charge in [-0.3, -0.25) is 0 Å². The van der Waals surface area contributed by atoms with E-state index in [-0.39, 0.29) is 6.04 Å². The van der Waals surface area contributed by atoms with E-state index in [2.05, 4.69) is 12.2 Å². The van der Waals surface area contributed by atoms with Crippen LogP contribution in [0, 0.1) is 11.8 Å². The minimum atomic E-state index is 0.0487. The second-order valence-corrected chi connectivity index (χ2v) is 5.59. The largest absolute Gasteiger partial charge is 0.493 e. The Morgan fingerprint density at radius 1 is 1.19 bits per heavy atom. The van der Waals surface area contributed by atoms with E-state index in [1.807, 2.05) is 12.1 Å². The zero-order valence-electron chi connectivity index (χ0n) is 13.3. The SMILES string of the molecule is COc1ccc(C(CN)NCC2CC2C)c(OC)c1OC. The predicted octanol–water partition coefficient (Wildman–Crippen LogP) is 1.96. The Balaban J connectivity index is 2.22. The Kier molecular flexibility index (Phi) is 5.31. The summed E-state index contributed by atoms with van der Waals surface area (Å²) in [5.41, 5.74) is 6.95. The van der Waals surface area contributed by atoms with Crippen molar-refractivity contribution in [3.05, 3.63) is 17.7 Å². The highest BCUT2D eigenvalue weighted by molar-refractivity contribution is 5.56. The summed E-state index contributed by atoms with van der Waals surface area (Å²) in [4.78, 5) is 0. The summed E-state index contributed by atoms with van der Waals surface area (Å²) in [6, 6.07) is 3.93. The highest BCUT2D eigenvalue weighted by Crippen LogP contribution is 2.42. The van der Waals surface area contributed by atoms with E-state index in [1.54, 1.807) is 21.3 Å². The van der Waals surface area contributed by atoms with E-state index < -0.39 is 0 Å². The van der Waals surface area contributed by atoms with Gasteiger partial charge in [0.25, 0.3) is 0 Å². The molecule has 118 valence electrons. The van der Waals surface area contributed by atoms with Crippen molar-refractivity contribution in [3.63, 3.8) is 0 Å². The molecule has 0 spiro atoms. The van der Waals surface area contributed by atoms with Crippen LogP contribution in [0.4, 0.5) is 0 Å². The fraction of sp³-hybridized carbons (Fsp3) is 0.625. The van der Waals surface area contributed by atoms with Gasteiger partial charge in [-0.1, -0.05) is 6.92 Å². The zero-order valence-corrected chi connectivity index (χ0v) is 13.3. The van der Waals surface area contributed by atoms with Crippen molar-refractivity contribution >= 4 is 0 Å². The van der Waals surface area contributed by atoms with Gasteiger partial charge in [0.15, 0.2) is 11.5 Å². The van der Waals surface area contributed by atoms with Crippen molar-refractivity contribution in [1.82, 2.24) is 5.32 Å². The maximum atomic E-state index is 5.94. The number of nitrogens with one attached hydrogen (secondary N) is 1. The molecule has 1 aromatic rings. The molecule has 5 nitrogen and oxygen atoms in total. The number of benzene rings is 1. The van der Waals surface area contributed by atoms with E-state index in [0.717, 1.165) is 23.9 Å². The lowest BCUT2D eigenvalue weighted by atomic mass is 10.0. The van der Waals surface area contributed by atoms with Crippen LogP contribution in [-0.2, 0) is 0 Å². The molecule has 1 aromatic carbocycles. The Morgan fingerprint density at radius 3 is 2.33 bits per heavy atom. The third kappa shape index (κ3) is 3.41. The average Bonchev–Trinajstić information content (AvgIpc) is 3.22. The molecule has 0 aromatic heterocycles. The quantitative estimate of drug-likeness (QED) is 0.767. The molecule has 3 N–H and O–H groups in total. The summed E-state index contributed by atoms with van der Waals surface area (Å²) < 4.78 is 16.3. The molecular weight excluding hydrogens is 268 g/mol. The van der Waals surface area contributed by atoms with Crippen LogP contribution in [0.25, 0.3) is 0 Å². The monoisotopic (exact) mass is 294 g/mol. The van der Waals surface area contributed by atoms with E-state index in [9.17, 15) is 0 Å². The van der Waals surface area contributed by atoms with Crippen molar-refractivity contribution in [2.24, 2.45) is 17.6 Å². The summed E-state index contributed by atoms with van der Waals surface area (Å²) in [6.07, 6.45) is 1.30. The minimum absolute atomic E-state index is 0.0487. The molecular formula is C16H26N2O3. The van der Waals surface area contributed by atoms with Crippen LogP contribution in [0.15, 0.2) is 12.1 Å². The predicted molar refractivity (Wildman–Crippen MR) is 83.2 cm³/mol. The Morgan fingerprint density at radius 2 is 1.86 bits per heavy atom. The van der Waals surface area contributed by atoms with Crippen LogP contribution >= 0.6 is 0 Å². The van der Waals surface area contributed by atoms with Crippen LogP contribution in [0.3, 0.4) is 0 Å². The molecule has 0 aliphatic heterocycles. The van der Waals surface area contributed by atoms with Gasteiger partial charge in [0.1, 0.15) is 0 Å². The molecule has 0 saturated heterocycles. The molecule has 2 rings (SSSR count). The van der Waals surface area contributed by atoms with E-state index in [4.69, 9.17) is 19.9 Å². The maximum absolute atomic E-state index is 5.94. The van der Waals surface area contributed by atoms with Crippen molar-refractivity contribution in [2.75, 3.05) is 34.4 Å². The summed E-state index contributed by atoms with van der Waals surface area (Å²) >= 11 is 0. The second-order valence-electron chi connectivity index (χ2n) is 5.59. The summed E-state index contributed by atoms with van der Waals surface area (Å²) in [5.74, 6) is 3.54. The molecule has 1 saturated carbocycles. The van der Waals surface area contributed by atoms with Gasteiger partial charge in [-0.2, -0.15) is 0 Å². The van der Waals surface area contributed by atoms with Crippen LogP contribution in [0.2, 0.25) is 0 Å². The van der Waals surface area contributed by atoms with Gasteiger partial charge in [0, 0.05) is 18.2 Å². The smallest absolute Gasteiger partial charge is 0.203 e. The maximum Gasteiger partial charge on any atom is 0.203 e. The molecule has 5 heteroatoms.